The van der Waals surface area contributed by atoms with Gasteiger partial charge in [0.25, 0.3) is 5.56 Å². The number of nitrogens with one attached hydrogen (secondary N) is 1. The van der Waals surface area contributed by atoms with Crippen LogP contribution in [-0.4, -0.2) is 37.2 Å². The molecule has 2 aromatic heterocycles. The second kappa shape index (κ2) is 11.0. The standard InChI is InChI=1S/C30H32N6O2/c1-20-5-8-23(9-6-20)16-35(18-26-15-25-12-7-21(2)22(3)29(25)31-30(26)37)19-28-32-33-34-36(28)17-24-10-13-27(38-4)14-11-24/h5-15H,16-19H2,1-4H3,(H,31,37). The van der Waals surface area contributed by atoms with Crippen molar-refractivity contribution < 1.29 is 4.74 Å². The van der Waals surface area contributed by atoms with Gasteiger partial charge in [-0.2, -0.15) is 0 Å². The van der Waals surface area contributed by atoms with Crippen LogP contribution in [0.1, 0.15) is 39.2 Å². The lowest BCUT2D eigenvalue weighted by Gasteiger charge is -2.22. The van der Waals surface area contributed by atoms with Crippen molar-refractivity contribution >= 4 is 10.9 Å². The molecule has 0 saturated heterocycles. The van der Waals surface area contributed by atoms with Crippen LogP contribution in [0.3, 0.4) is 0 Å². The number of nitrogens with zero attached hydrogens (tertiary/aromatic N) is 5. The molecule has 0 amide bonds. The van der Waals surface area contributed by atoms with Crippen molar-refractivity contribution in [3.05, 3.63) is 116 Å². The fourth-order valence-electron chi connectivity index (χ4n) is 4.61. The van der Waals surface area contributed by atoms with Gasteiger partial charge in [0, 0.05) is 18.7 Å². The lowest BCUT2D eigenvalue weighted by atomic mass is 10.0. The molecule has 0 unspecified atom stereocenters. The first-order valence-electron chi connectivity index (χ1n) is 12.7. The van der Waals surface area contributed by atoms with Crippen LogP contribution >= 0.6 is 0 Å². The molecule has 0 aliphatic carbocycles. The first-order valence-corrected chi connectivity index (χ1v) is 12.7. The zero-order valence-corrected chi connectivity index (χ0v) is 22.2. The molecular formula is C30H32N6O2. The summed E-state index contributed by atoms with van der Waals surface area (Å²) in [6, 6.07) is 22.5. The molecule has 5 rings (SSSR count). The molecule has 0 bridgehead atoms. The third-order valence-electron chi connectivity index (χ3n) is 7.01. The van der Waals surface area contributed by atoms with Crippen molar-refractivity contribution in [2.75, 3.05) is 7.11 Å². The lowest BCUT2D eigenvalue weighted by molar-refractivity contribution is 0.236. The molecule has 0 aliphatic rings. The zero-order valence-electron chi connectivity index (χ0n) is 22.2. The summed E-state index contributed by atoms with van der Waals surface area (Å²) >= 11 is 0. The maximum absolute atomic E-state index is 13.2. The first kappa shape index (κ1) is 25.4. The third kappa shape index (κ3) is 5.65. The molecular weight excluding hydrogens is 476 g/mol. The van der Waals surface area contributed by atoms with Gasteiger partial charge >= 0.3 is 0 Å². The van der Waals surface area contributed by atoms with Crippen LogP contribution < -0.4 is 10.3 Å². The molecule has 0 fully saturated rings. The van der Waals surface area contributed by atoms with Gasteiger partial charge in [0.2, 0.25) is 0 Å². The monoisotopic (exact) mass is 508 g/mol. The normalized spacial score (nSPS) is 11.4. The van der Waals surface area contributed by atoms with E-state index in [0.717, 1.165) is 44.7 Å². The van der Waals surface area contributed by atoms with Gasteiger partial charge in [-0.05, 0) is 77.0 Å². The number of aromatic amines is 1. The number of rotatable bonds is 9. The molecule has 194 valence electrons. The van der Waals surface area contributed by atoms with Crippen LogP contribution in [-0.2, 0) is 26.2 Å². The Labute approximate surface area is 221 Å². The van der Waals surface area contributed by atoms with Gasteiger partial charge < -0.3 is 9.72 Å². The summed E-state index contributed by atoms with van der Waals surface area (Å²) in [5.74, 6) is 1.54. The molecule has 8 heteroatoms. The van der Waals surface area contributed by atoms with E-state index in [1.165, 1.54) is 5.56 Å². The highest BCUT2D eigenvalue weighted by Crippen LogP contribution is 2.20. The van der Waals surface area contributed by atoms with Gasteiger partial charge in [-0.1, -0.05) is 54.1 Å². The van der Waals surface area contributed by atoms with Crippen molar-refractivity contribution in [2.24, 2.45) is 0 Å². The summed E-state index contributed by atoms with van der Waals surface area (Å²) in [5, 5.41) is 13.5. The summed E-state index contributed by atoms with van der Waals surface area (Å²) < 4.78 is 7.07. The number of hydrogen-bond acceptors (Lipinski definition) is 6. The quantitative estimate of drug-likeness (QED) is 0.311. The molecule has 38 heavy (non-hydrogen) atoms. The Morgan fingerprint density at radius 3 is 2.37 bits per heavy atom. The van der Waals surface area contributed by atoms with Gasteiger partial charge in [-0.25, -0.2) is 4.68 Å². The van der Waals surface area contributed by atoms with Gasteiger partial charge in [-0.15, -0.1) is 5.10 Å². The van der Waals surface area contributed by atoms with Crippen molar-refractivity contribution in [2.45, 2.75) is 47.0 Å². The van der Waals surface area contributed by atoms with Crippen LogP contribution in [0.4, 0.5) is 0 Å². The van der Waals surface area contributed by atoms with Gasteiger partial charge in [0.15, 0.2) is 5.82 Å². The number of ether oxygens (including phenoxy) is 1. The molecule has 0 aliphatic heterocycles. The number of H-pyrrole nitrogens is 1. The molecule has 0 atom stereocenters. The van der Waals surface area contributed by atoms with Crippen LogP contribution in [0.5, 0.6) is 5.75 Å². The molecule has 3 aromatic carbocycles. The van der Waals surface area contributed by atoms with Crippen molar-refractivity contribution in [1.29, 1.82) is 0 Å². The topological polar surface area (TPSA) is 88.9 Å². The predicted octanol–water partition coefficient (Wildman–Crippen LogP) is 4.70. The minimum Gasteiger partial charge on any atom is -0.497 e. The minimum atomic E-state index is -0.0714. The summed E-state index contributed by atoms with van der Waals surface area (Å²) in [6.07, 6.45) is 0. The molecule has 2 heterocycles. The number of aromatic nitrogens is 5. The van der Waals surface area contributed by atoms with Crippen LogP contribution in [0, 0.1) is 20.8 Å². The van der Waals surface area contributed by atoms with Crippen LogP contribution in [0.25, 0.3) is 10.9 Å². The maximum Gasteiger partial charge on any atom is 0.252 e. The van der Waals surface area contributed by atoms with Crippen LogP contribution in [0.15, 0.2) is 71.5 Å². The van der Waals surface area contributed by atoms with E-state index in [1.807, 2.05) is 37.3 Å². The molecule has 0 spiro atoms. The van der Waals surface area contributed by atoms with Crippen molar-refractivity contribution in [3.63, 3.8) is 0 Å². The fourth-order valence-corrected chi connectivity index (χ4v) is 4.61. The average Bonchev–Trinajstić information content (AvgIpc) is 3.35. The highest BCUT2D eigenvalue weighted by Gasteiger charge is 2.17. The van der Waals surface area contributed by atoms with E-state index in [1.54, 1.807) is 11.8 Å². The van der Waals surface area contributed by atoms with E-state index in [-0.39, 0.29) is 5.56 Å². The summed E-state index contributed by atoms with van der Waals surface area (Å²) in [7, 11) is 1.65. The predicted molar refractivity (Wildman–Crippen MR) is 148 cm³/mol. The fraction of sp³-hybridized carbons (Fsp3) is 0.267. The number of pyridine rings is 1. The van der Waals surface area contributed by atoms with E-state index in [4.69, 9.17) is 4.74 Å². The minimum absolute atomic E-state index is 0.0714. The van der Waals surface area contributed by atoms with Crippen LogP contribution in [0.2, 0.25) is 0 Å². The van der Waals surface area contributed by atoms with E-state index in [0.29, 0.717) is 31.7 Å². The van der Waals surface area contributed by atoms with Crippen molar-refractivity contribution in [3.8, 4) is 5.75 Å². The SMILES string of the molecule is COc1ccc(Cn2nnnc2CN(Cc2ccc(C)cc2)Cc2cc3ccc(C)c(C)c3[nH]c2=O)cc1. The maximum atomic E-state index is 13.2. The van der Waals surface area contributed by atoms with E-state index < -0.39 is 0 Å². The van der Waals surface area contributed by atoms with Crippen molar-refractivity contribution in [1.82, 2.24) is 30.1 Å². The summed E-state index contributed by atoms with van der Waals surface area (Å²) in [4.78, 5) is 18.5. The first-order chi connectivity index (χ1) is 18.4. The lowest BCUT2D eigenvalue weighted by Crippen LogP contribution is -2.28. The Morgan fingerprint density at radius 1 is 0.895 bits per heavy atom. The number of benzene rings is 3. The molecule has 0 radical (unpaired) electrons. The number of fused-ring (bicyclic) bond motifs is 1. The van der Waals surface area contributed by atoms with Gasteiger partial charge in [0.1, 0.15) is 5.75 Å². The molecule has 5 aromatic rings. The van der Waals surface area contributed by atoms with E-state index in [9.17, 15) is 4.79 Å². The number of methoxy groups -OCH3 is 1. The second-order valence-corrected chi connectivity index (χ2v) is 9.83. The number of hydrogen-bond donors (Lipinski definition) is 1. The van der Waals surface area contributed by atoms with E-state index >= 15 is 0 Å². The Hall–Kier alpha value is -4.30. The Bertz CT molecular complexity index is 1600. The van der Waals surface area contributed by atoms with Gasteiger partial charge in [-0.3, -0.25) is 9.69 Å². The number of aryl methyl sites for hydroxylation is 3. The Kier molecular flexibility index (Phi) is 7.33. The summed E-state index contributed by atoms with van der Waals surface area (Å²) in [5.41, 5.74) is 7.23. The number of tetrazole rings is 1. The second-order valence-electron chi connectivity index (χ2n) is 9.83. The highest BCUT2D eigenvalue weighted by molar-refractivity contribution is 5.83. The largest absolute Gasteiger partial charge is 0.497 e. The molecule has 8 nitrogen and oxygen atoms in total. The average molecular weight is 509 g/mol. The third-order valence-corrected chi connectivity index (χ3v) is 7.01. The summed E-state index contributed by atoms with van der Waals surface area (Å²) in [6.45, 7) is 8.32. The Morgan fingerprint density at radius 2 is 1.63 bits per heavy atom. The Balaban J connectivity index is 1.43. The van der Waals surface area contributed by atoms with E-state index in [2.05, 4.69) is 75.7 Å². The highest BCUT2D eigenvalue weighted by atomic mass is 16.5. The van der Waals surface area contributed by atoms with Gasteiger partial charge in [0.05, 0.1) is 25.7 Å². The molecule has 1 N–H and O–H groups in total. The molecule has 0 saturated carbocycles. The zero-order chi connectivity index (χ0) is 26.6. The smallest absolute Gasteiger partial charge is 0.252 e.